The zero-order valence-electron chi connectivity index (χ0n) is 24.1. The molecule has 0 atom stereocenters. The van der Waals surface area contributed by atoms with Crippen LogP contribution in [-0.4, -0.2) is 41.5 Å². The van der Waals surface area contributed by atoms with Crippen LogP contribution in [0.3, 0.4) is 0 Å². The molecule has 0 aliphatic heterocycles. The number of imidazole rings is 1. The first-order chi connectivity index (χ1) is 19.8. The molecule has 1 heterocycles. The van der Waals surface area contributed by atoms with Gasteiger partial charge in [0, 0.05) is 18.9 Å². The van der Waals surface area contributed by atoms with E-state index in [0.29, 0.717) is 30.7 Å². The molecule has 254 valence electrons. The van der Waals surface area contributed by atoms with Crippen molar-refractivity contribution in [2.75, 3.05) is 7.11 Å². The van der Waals surface area contributed by atoms with Crippen LogP contribution in [0.2, 0.25) is 0 Å². The van der Waals surface area contributed by atoms with Crippen molar-refractivity contribution in [2.24, 2.45) is 0 Å². The summed E-state index contributed by atoms with van der Waals surface area (Å²) in [7, 11) is 1.51. The second kappa shape index (κ2) is 15.9. The number of aromatic nitrogens is 2. The van der Waals surface area contributed by atoms with E-state index in [-0.39, 0.29) is 35.6 Å². The van der Waals surface area contributed by atoms with Gasteiger partial charge in [-0.05, 0) is 37.5 Å². The maximum absolute atomic E-state index is 13.7. The van der Waals surface area contributed by atoms with E-state index in [4.69, 9.17) is 4.74 Å². The van der Waals surface area contributed by atoms with E-state index in [0.717, 1.165) is 38.1 Å². The van der Waals surface area contributed by atoms with Gasteiger partial charge in [-0.1, -0.05) is 38.5 Å². The van der Waals surface area contributed by atoms with Crippen molar-refractivity contribution >= 4 is 0 Å². The largest absolute Gasteiger partial charge is 1.00 e. The minimum Gasteiger partial charge on any atom is -1.00 e. The molecule has 0 aliphatic carbocycles. The third-order valence-corrected chi connectivity index (χ3v) is 7.33. The van der Waals surface area contributed by atoms with Crippen LogP contribution in [0.15, 0.2) is 30.6 Å². The Morgan fingerprint density at radius 2 is 1.25 bits per heavy atom. The van der Waals surface area contributed by atoms with E-state index in [1.165, 1.54) is 19.2 Å². The van der Waals surface area contributed by atoms with E-state index < -0.39 is 42.7 Å². The topological polar surface area (TPSA) is 18.0 Å². The average Bonchev–Trinajstić information content (AvgIpc) is 3.25. The van der Waals surface area contributed by atoms with Gasteiger partial charge in [0.25, 0.3) is 5.82 Å². The Kier molecular flexibility index (Phi) is 14.4. The number of rotatable bonds is 18. The SMILES string of the molecule is COc1ccc(F)cc1C[n+]1ccn(CCCCCCCCCCCC(F)(F)C(F)(F)C(F)(F)C(F)(F)C(F)(F)F)c1C.[Br-]. The molecule has 0 spiro atoms. The lowest BCUT2D eigenvalue weighted by Crippen LogP contribution is -3.00. The van der Waals surface area contributed by atoms with E-state index in [1.807, 2.05) is 23.9 Å². The molecule has 0 fully saturated rings. The number of benzene rings is 1. The molecule has 2 rings (SSSR count). The summed E-state index contributed by atoms with van der Waals surface area (Å²) in [5, 5.41) is 0. The quantitative estimate of drug-likeness (QED) is 0.101. The third kappa shape index (κ3) is 9.21. The number of aryl methyl sites for hydroxylation is 1. The summed E-state index contributed by atoms with van der Waals surface area (Å²) in [6.07, 6.45) is -1.29. The van der Waals surface area contributed by atoms with Gasteiger partial charge in [-0.2, -0.15) is 48.3 Å². The number of unbranched alkanes of at least 4 members (excludes halogenated alkanes) is 8. The predicted molar refractivity (Wildman–Crippen MR) is 133 cm³/mol. The highest BCUT2D eigenvalue weighted by molar-refractivity contribution is 5.33. The molecule has 0 N–H and O–H groups in total. The van der Waals surface area contributed by atoms with Crippen molar-refractivity contribution in [3.8, 4) is 5.75 Å². The van der Waals surface area contributed by atoms with Crippen LogP contribution in [-0.2, 0) is 13.1 Å². The van der Waals surface area contributed by atoms with Crippen LogP contribution < -0.4 is 26.3 Å². The van der Waals surface area contributed by atoms with E-state index in [1.54, 1.807) is 6.07 Å². The fraction of sp³-hybridized carbons (Fsp3) is 0.679. The highest BCUT2D eigenvalue weighted by atomic mass is 79.9. The van der Waals surface area contributed by atoms with Crippen molar-refractivity contribution in [3.05, 3.63) is 47.8 Å². The third-order valence-electron chi connectivity index (χ3n) is 7.33. The molecule has 0 aliphatic rings. The predicted octanol–water partition coefficient (Wildman–Crippen LogP) is 6.29. The van der Waals surface area contributed by atoms with Gasteiger partial charge in [-0.3, -0.25) is 0 Å². The van der Waals surface area contributed by atoms with Gasteiger partial charge in [0.15, 0.2) is 0 Å². The number of ether oxygens (including phenoxy) is 1. The zero-order chi connectivity index (χ0) is 32.7. The second-order valence-electron chi connectivity index (χ2n) is 10.5. The fourth-order valence-electron chi connectivity index (χ4n) is 4.63. The van der Waals surface area contributed by atoms with Crippen LogP contribution in [0.25, 0.3) is 0 Å². The molecule has 1 aromatic heterocycles. The Morgan fingerprint density at radius 1 is 0.727 bits per heavy atom. The van der Waals surface area contributed by atoms with Crippen molar-refractivity contribution < 1.29 is 79.0 Å². The summed E-state index contributed by atoms with van der Waals surface area (Å²) >= 11 is 0. The Bertz CT molecular complexity index is 1170. The van der Waals surface area contributed by atoms with E-state index in [9.17, 15) is 52.7 Å². The number of methoxy groups -OCH3 is 1. The molecule has 2 aromatic rings. The van der Waals surface area contributed by atoms with Gasteiger partial charge < -0.3 is 21.7 Å². The molecule has 0 saturated heterocycles. The Labute approximate surface area is 258 Å². The summed E-state index contributed by atoms with van der Waals surface area (Å²) in [4.78, 5) is 0. The van der Waals surface area contributed by atoms with Crippen LogP contribution in [0.1, 0.15) is 75.6 Å². The van der Waals surface area contributed by atoms with Gasteiger partial charge in [0.2, 0.25) is 0 Å². The molecule has 0 radical (unpaired) electrons. The zero-order valence-corrected chi connectivity index (χ0v) is 25.7. The average molecular weight is 723 g/mol. The number of hydrogen-bond acceptors (Lipinski definition) is 1. The first-order valence-electron chi connectivity index (χ1n) is 13.8. The number of alkyl halides is 11. The monoisotopic (exact) mass is 722 g/mol. The lowest BCUT2D eigenvalue weighted by Gasteiger charge is -2.37. The van der Waals surface area contributed by atoms with Crippen molar-refractivity contribution in [1.29, 1.82) is 0 Å². The van der Waals surface area contributed by atoms with Crippen molar-refractivity contribution in [2.45, 2.75) is 114 Å². The van der Waals surface area contributed by atoms with Gasteiger partial charge in [-0.15, -0.1) is 0 Å². The lowest BCUT2D eigenvalue weighted by molar-refractivity contribution is -0.694. The van der Waals surface area contributed by atoms with Gasteiger partial charge in [-0.25, -0.2) is 13.5 Å². The Balaban J connectivity index is 0.00000968. The smallest absolute Gasteiger partial charge is 0.460 e. The van der Waals surface area contributed by atoms with E-state index >= 15 is 0 Å². The number of nitrogens with zero attached hydrogens (tertiary/aromatic N) is 2. The molecule has 3 nitrogen and oxygen atoms in total. The molecular formula is C28H35BrF12N2O. The molecule has 0 bridgehead atoms. The fourth-order valence-corrected chi connectivity index (χ4v) is 4.63. The Hall–Kier alpha value is -2.13. The highest BCUT2D eigenvalue weighted by Crippen LogP contribution is 2.58. The normalized spacial score (nSPS) is 13.2. The number of halogens is 13. The van der Waals surface area contributed by atoms with Gasteiger partial charge in [0.05, 0.1) is 13.7 Å². The molecule has 16 heteroatoms. The van der Waals surface area contributed by atoms with Crippen LogP contribution in [0.4, 0.5) is 52.7 Å². The van der Waals surface area contributed by atoms with Crippen molar-refractivity contribution in [1.82, 2.24) is 4.57 Å². The Morgan fingerprint density at radius 3 is 1.77 bits per heavy atom. The maximum atomic E-state index is 13.7. The maximum Gasteiger partial charge on any atom is 0.460 e. The summed E-state index contributed by atoms with van der Waals surface area (Å²) < 4.78 is 166. The minimum atomic E-state index is -7.34. The van der Waals surface area contributed by atoms with Crippen LogP contribution in [0, 0.1) is 12.7 Å². The standard InChI is InChI=1S/C28H35F12N2O.BrH/c1-20-41(16-17-42(20)19-21-18-22(29)12-13-23(21)43-2)15-11-9-7-5-3-4-6-8-10-14-24(30,31)25(32,33)26(34,35)27(36,37)28(38,39)40;/h12-13,16-18H,3-11,14-15,19H2,1-2H3;1H/q+1;/p-1. The molecule has 44 heavy (non-hydrogen) atoms. The molecule has 0 saturated carbocycles. The summed E-state index contributed by atoms with van der Waals surface area (Å²) in [5.74, 6) is -26.2. The summed E-state index contributed by atoms with van der Waals surface area (Å²) in [6.45, 7) is 3.11. The highest BCUT2D eigenvalue weighted by Gasteiger charge is 2.86. The molecule has 0 unspecified atom stereocenters. The molecule has 1 aromatic carbocycles. The minimum absolute atomic E-state index is 0. The number of hydrogen-bond donors (Lipinski definition) is 0. The molecule has 0 amide bonds. The van der Waals surface area contributed by atoms with E-state index in [2.05, 4.69) is 4.57 Å². The van der Waals surface area contributed by atoms with Gasteiger partial charge in [0.1, 0.15) is 30.5 Å². The summed E-state index contributed by atoms with van der Waals surface area (Å²) in [6, 6.07) is 4.31. The second-order valence-corrected chi connectivity index (χ2v) is 10.5. The lowest BCUT2D eigenvalue weighted by atomic mass is 9.94. The van der Waals surface area contributed by atoms with Crippen molar-refractivity contribution in [3.63, 3.8) is 0 Å². The summed E-state index contributed by atoms with van der Waals surface area (Å²) in [5.41, 5.74) is 0.701. The first kappa shape index (κ1) is 39.9. The molecular weight excluding hydrogens is 688 g/mol. The van der Waals surface area contributed by atoms with Gasteiger partial charge >= 0.3 is 29.9 Å². The van der Waals surface area contributed by atoms with Crippen LogP contribution in [0.5, 0.6) is 5.75 Å². The first-order valence-corrected chi connectivity index (χ1v) is 13.8. The van der Waals surface area contributed by atoms with Crippen LogP contribution >= 0.6 is 0 Å².